The molecule has 0 spiro atoms. The first kappa shape index (κ1) is 15.1. The number of rotatable bonds is 5. The monoisotopic (exact) mass is 310 g/mol. The summed E-state index contributed by atoms with van der Waals surface area (Å²) in [5.74, 6) is 0.275. The maximum absolute atomic E-state index is 12.2. The number of fused-ring (bicyclic) bond motifs is 1. The molecule has 23 heavy (non-hydrogen) atoms. The molecule has 0 saturated heterocycles. The highest BCUT2D eigenvalue weighted by atomic mass is 16.5. The van der Waals surface area contributed by atoms with E-state index in [1.54, 1.807) is 18.5 Å². The highest BCUT2D eigenvalue weighted by Gasteiger charge is 2.11. The first-order valence-corrected chi connectivity index (χ1v) is 7.58. The Morgan fingerprint density at radius 2 is 2.13 bits per heavy atom. The van der Waals surface area contributed by atoms with Gasteiger partial charge in [-0.15, -0.1) is 10.2 Å². The largest absolute Gasteiger partial charge is 0.454 e. The number of ether oxygens (including phenoxy) is 1. The Morgan fingerprint density at radius 1 is 1.26 bits per heavy atom. The second-order valence-corrected chi connectivity index (χ2v) is 5.38. The zero-order valence-corrected chi connectivity index (χ0v) is 13.2. The minimum Gasteiger partial charge on any atom is -0.454 e. The summed E-state index contributed by atoms with van der Waals surface area (Å²) in [5, 5.41) is 8.76. The second-order valence-electron chi connectivity index (χ2n) is 5.38. The van der Waals surface area contributed by atoms with Crippen molar-refractivity contribution in [3.05, 3.63) is 53.7 Å². The number of benzene rings is 1. The molecule has 0 N–H and O–H groups in total. The van der Waals surface area contributed by atoms with Crippen molar-refractivity contribution in [3.8, 4) is 0 Å². The summed E-state index contributed by atoms with van der Waals surface area (Å²) in [7, 11) is 0. The van der Waals surface area contributed by atoms with Crippen LogP contribution in [0.15, 0.2) is 36.7 Å². The third-order valence-electron chi connectivity index (χ3n) is 3.56. The Labute approximate surface area is 134 Å². The van der Waals surface area contributed by atoms with E-state index in [4.69, 9.17) is 4.74 Å². The van der Waals surface area contributed by atoms with Crippen molar-refractivity contribution in [1.29, 1.82) is 0 Å². The Hall–Kier alpha value is -2.76. The van der Waals surface area contributed by atoms with Gasteiger partial charge in [0.1, 0.15) is 6.33 Å². The summed E-state index contributed by atoms with van der Waals surface area (Å²) >= 11 is 0. The minimum absolute atomic E-state index is 0.114. The van der Waals surface area contributed by atoms with Gasteiger partial charge in [0, 0.05) is 17.6 Å². The summed E-state index contributed by atoms with van der Waals surface area (Å²) in [6.45, 7) is 4.93. The maximum atomic E-state index is 12.2. The quantitative estimate of drug-likeness (QED) is 0.678. The highest BCUT2D eigenvalue weighted by Crippen LogP contribution is 2.16. The van der Waals surface area contributed by atoms with E-state index in [0.717, 1.165) is 29.6 Å². The van der Waals surface area contributed by atoms with Crippen LogP contribution in [0.25, 0.3) is 10.9 Å². The Bertz CT molecular complexity index is 841. The van der Waals surface area contributed by atoms with Crippen LogP contribution in [0.3, 0.4) is 0 Å². The van der Waals surface area contributed by atoms with Gasteiger partial charge in [-0.3, -0.25) is 4.98 Å². The molecule has 0 amide bonds. The van der Waals surface area contributed by atoms with Gasteiger partial charge in [0.25, 0.3) is 0 Å². The molecule has 0 aliphatic carbocycles. The van der Waals surface area contributed by atoms with E-state index in [1.807, 2.05) is 29.7 Å². The lowest BCUT2D eigenvalue weighted by Gasteiger charge is -2.07. The van der Waals surface area contributed by atoms with Crippen LogP contribution >= 0.6 is 0 Å². The third-order valence-corrected chi connectivity index (χ3v) is 3.56. The summed E-state index contributed by atoms with van der Waals surface area (Å²) in [5.41, 5.74) is 2.32. The zero-order chi connectivity index (χ0) is 16.2. The van der Waals surface area contributed by atoms with Crippen LogP contribution in [0.4, 0.5) is 0 Å². The van der Waals surface area contributed by atoms with Crippen molar-refractivity contribution in [3.63, 3.8) is 0 Å². The molecule has 0 aliphatic heterocycles. The van der Waals surface area contributed by atoms with Gasteiger partial charge in [0.05, 0.1) is 11.1 Å². The van der Waals surface area contributed by atoms with Gasteiger partial charge < -0.3 is 9.30 Å². The predicted octanol–water partition coefficient (Wildman–Crippen LogP) is 2.90. The molecule has 2 heterocycles. The van der Waals surface area contributed by atoms with Crippen LogP contribution in [0.2, 0.25) is 0 Å². The van der Waals surface area contributed by atoms with Gasteiger partial charge in [0.2, 0.25) is 0 Å². The zero-order valence-electron chi connectivity index (χ0n) is 13.2. The molecule has 0 radical (unpaired) electrons. The van der Waals surface area contributed by atoms with E-state index < -0.39 is 0 Å². The van der Waals surface area contributed by atoms with Crippen molar-refractivity contribution >= 4 is 16.9 Å². The van der Waals surface area contributed by atoms with Gasteiger partial charge in [0.15, 0.2) is 12.4 Å². The van der Waals surface area contributed by atoms with E-state index in [9.17, 15) is 4.79 Å². The standard InChI is InChI=1S/C17H18N4O2/c1-3-8-21-11-18-20-16(21)10-23-17(22)14-6-7-15-13(9-14)5-4-12(2)19-15/h4-7,9,11H,3,8,10H2,1-2H3. The molecule has 118 valence electrons. The summed E-state index contributed by atoms with van der Waals surface area (Å²) in [4.78, 5) is 16.6. The highest BCUT2D eigenvalue weighted by molar-refractivity contribution is 5.94. The Morgan fingerprint density at radius 3 is 2.96 bits per heavy atom. The Balaban J connectivity index is 1.73. The normalized spacial score (nSPS) is 10.9. The van der Waals surface area contributed by atoms with Crippen LogP contribution in [0, 0.1) is 6.92 Å². The molecule has 2 aromatic heterocycles. The molecule has 0 bridgehead atoms. The SMILES string of the molecule is CCCn1cnnc1COC(=O)c1ccc2nc(C)ccc2c1. The number of hydrogen-bond acceptors (Lipinski definition) is 5. The molecule has 0 saturated carbocycles. The average molecular weight is 310 g/mol. The van der Waals surface area contributed by atoms with Gasteiger partial charge in [-0.2, -0.15) is 0 Å². The average Bonchev–Trinajstić information content (AvgIpc) is 2.99. The molecular weight excluding hydrogens is 292 g/mol. The first-order valence-electron chi connectivity index (χ1n) is 7.58. The molecular formula is C17H18N4O2. The van der Waals surface area contributed by atoms with Crippen LogP contribution in [-0.4, -0.2) is 25.7 Å². The summed E-state index contributed by atoms with van der Waals surface area (Å²) in [6.07, 6.45) is 2.62. The fourth-order valence-electron chi connectivity index (χ4n) is 2.39. The number of hydrogen-bond donors (Lipinski definition) is 0. The smallest absolute Gasteiger partial charge is 0.338 e. The van der Waals surface area contributed by atoms with Crippen molar-refractivity contribution in [2.45, 2.75) is 33.4 Å². The lowest BCUT2D eigenvalue weighted by atomic mass is 10.1. The second kappa shape index (κ2) is 6.56. The van der Waals surface area contributed by atoms with Crippen LogP contribution in [0.1, 0.15) is 35.2 Å². The molecule has 3 aromatic rings. The molecule has 6 nitrogen and oxygen atoms in total. The lowest BCUT2D eigenvalue weighted by molar-refractivity contribution is 0.0457. The van der Waals surface area contributed by atoms with Crippen molar-refractivity contribution in [2.75, 3.05) is 0 Å². The van der Waals surface area contributed by atoms with E-state index in [-0.39, 0.29) is 12.6 Å². The van der Waals surface area contributed by atoms with Crippen molar-refractivity contribution in [1.82, 2.24) is 19.7 Å². The number of nitrogens with zero attached hydrogens (tertiary/aromatic N) is 4. The molecule has 0 aliphatic rings. The Kier molecular flexibility index (Phi) is 4.32. The topological polar surface area (TPSA) is 69.9 Å². The molecule has 1 aromatic carbocycles. The summed E-state index contributed by atoms with van der Waals surface area (Å²) < 4.78 is 7.24. The third kappa shape index (κ3) is 3.36. The fraction of sp³-hybridized carbons (Fsp3) is 0.294. The van der Waals surface area contributed by atoms with E-state index in [2.05, 4.69) is 22.1 Å². The predicted molar refractivity (Wildman–Crippen MR) is 85.9 cm³/mol. The number of carbonyl (C=O) groups is 1. The van der Waals surface area contributed by atoms with Gasteiger partial charge in [-0.1, -0.05) is 13.0 Å². The van der Waals surface area contributed by atoms with Gasteiger partial charge in [-0.25, -0.2) is 4.79 Å². The fourth-order valence-corrected chi connectivity index (χ4v) is 2.39. The van der Waals surface area contributed by atoms with Crippen LogP contribution in [-0.2, 0) is 17.9 Å². The number of aromatic nitrogens is 4. The molecule has 6 heteroatoms. The number of carbonyl (C=O) groups excluding carboxylic acids is 1. The van der Waals surface area contributed by atoms with Crippen molar-refractivity contribution in [2.24, 2.45) is 0 Å². The van der Waals surface area contributed by atoms with E-state index in [0.29, 0.717) is 11.4 Å². The number of aryl methyl sites for hydroxylation is 2. The summed E-state index contributed by atoms with van der Waals surface area (Å²) in [6, 6.07) is 9.23. The minimum atomic E-state index is -0.376. The molecule has 0 atom stereocenters. The molecule has 3 rings (SSSR count). The lowest BCUT2D eigenvalue weighted by Crippen LogP contribution is -2.10. The molecule has 0 fully saturated rings. The maximum Gasteiger partial charge on any atom is 0.338 e. The van der Waals surface area contributed by atoms with E-state index >= 15 is 0 Å². The van der Waals surface area contributed by atoms with Crippen molar-refractivity contribution < 1.29 is 9.53 Å². The molecule has 0 unspecified atom stereocenters. The number of pyridine rings is 1. The van der Waals surface area contributed by atoms with Crippen LogP contribution in [0.5, 0.6) is 0 Å². The number of esters is 1. The van der Waals surface area contributed by atoms with Crippen LogP contribution < -0.4 is 0 Å². The van der Waals surface area contributed by atoms with E-state index in [1.165, 1.54) is 0 Å². The van der Waals surface area contributed by atoms with Gasteiger partial charge in [-0.05, 0) is 37.6 Å². The first-order chi connectivity index (χ1) is 11.2. The van der Waals surface area contributed by atoms with Gasteiger partial charge >= 0.3 is 5.97 Å².